The molecule has 0 saturated heterocycles. The first-order valence-corrected chi connectivity index (χ1v) is 3.97. The van der Waals surface area contributed by atoms with Gasteiger partial charge in [-0.1, -0.05) is 0 Å². The molecule has 0 aromatic carbocycles. The number of amidine groups is 1. The van der Waals surface area contributed by atoms with Crippen LogP contribution in [0.1, 0.15) is 0 Å². The minimum absolute atomic E-state index is 0.0517. The molecule has 0 amide bonds. The molecule has 2 nitrogen and oxygen atoms in total. The Morgan fingerprint density at radius 3 is 2.67 bits per heavy atom. The van der Waals surface area contributed by atoms with Gasteiger partial charge in [-0.3, -0.25) is 4.99 Å². The summed E-state index contributed by atoms with van der Waals surface area (Å²) in [6, 6.07) is 0. The fourth-order valence-corrected chi connectivity index (χ4v) is 1.30. The third-order valence-corrected chi connectivity index (χ3v) is 1.76. The summed E-state index contributed by atoms with van der Waals surface area (Å²) in [4.78, 5) is 4.99. The van der Waals surface area contributed by atoms with Gasteiger partial charge in [0.15, 0.2) is 0 Å². The topological polar surface area (TPSA) is 15.6 Å². The SMILES string of the molecule is FC(F)(F)CN1CCN=C1CCl. The maximum absolute atomic E-state index is 11.9. The summed E-state index contributed by atoms with van der Waals surface area (Å²) in [5.41, 5.74) is 0. The molecular formula is C6H8ClF3N2. The van der Waals surface area contributed by atoms with Gasteiger partial charge in [0.25, 0.3) is 0 Å². The Bertz CT molecular complexity index is 190. The van der Waals surface area contributed by atoms with Crippen LogP contribution < -0.4 is 0 Å². The van der Waals surface area contributed by atoms with Gasteiger partial charge in [-0.2, -0.15) is 13.2 Å². The maximum atomic E-state index is 11.9. The average Bonchev–Trinajstić information content (AvgIpc) is 2.31. The Morgan fingerprint density at radius 2 is 2.17 bits per heavy atom. The number of alkyl halides is 4. The van der Waals surface area contributed by atoms with Gasteiger partial charge in [-0.05, 0) is 0 Å². The van der Waals surface area contributed by atoms with E-state index in [1.54, 1.807) is 0 Å². The lowest BCUT2D eigenvalue weighted by atomic mass is 10.5. The first-order valence-electron chi connectivity index (χ1n) is 3.44. The van der Waals surface area contributed by atoms with E-state index in [1.165, 1.54) is 0 Å². The van der Waals surface area contributed by atoms with Gasteiger partial charge in [-0.25, -0.2) is 0 Å². The van der Waals surface area contributed by atoms with E-state index in [-0.39, 0.29) is 5.88 Å². The zero-order chi connectivity index (χ0) is 9.19. The standard InChI is InChI=1S/C6H8ClF3N2/c7-3-5-11-1-2-12(5)4-6(8,9)10/h1-4H2. The number of halogens is 4. The molecule has 0 saturated carbocycles. The van der Waals surface area contributed by atoms with Crippen molar-refractivity contribution in [3.8, 4) is 0 Å². The minimum atomic E-state index is -4.17. The molecule has 0 fully saturated rings. The van der Waals surface area contributed by atoms with E-state index in [4.69, 9.17) is 11.6 Å². The molecule has 70 valence electrons. The second kappa shape index (κ2) is 3.51. The zero-order valence-electron chi connectivity index (χ0n) is 6.23. The van der Waals surface area contributed by atoms with Gasteiger partial charge in [0.2, 0.25) is 0 Å². The van der Waals surface area contributed by atoms with Crippen molar-refractivity contribution in [2.75, 3.05) is 25.5 Å². The van der Waals surface area contributed by atoms with Crippen LogP contribution in [0.2, 0.25) is 0 Å². The van der Waals surface area contributed by atoms with Crippen LogP contribution >= 0.6 is 11.6 Å². The van der Waals surface area contributed by atoms with Crippen LogP contribution in [0.3, 0.4) is 0 Å². The predicted octanol–water partition coefficient (Wildman–Crippen LogP) is 1.50. The third kappa shape index (κ3) is 2.55. The van der Waals surface area contributed by atoms with E-state index in [2.05, 4.69) is 4.99 Å². The smallest absolute Gasteiger partial charge is 0.348 e. The lowest BCUT2D eigenvalue weighted by Gasteiger charge is -2.20. The molecule has 0 atom stereocenters. The molecule has 0 N–H and O–H groups in total. The van der Waals surface area contributed by atoms with E-state index in [9.17, 15) is 13.2 Å². The summed E-state index contributed by atoms with van der Waals surface area (Å²) in [5.74, 6) is 0.393. The molecule has 0 aromatic rings. The van der Waals surface area contributed by atoms with Crippen LogP contribution in [-0.2, 0) is 0 Å². The van der Waals surface area contributed by atoms with Crippen molar-refractivity contribution in [1.29, 1.82) is 0 Å². The molecule has 1 rings (SSSR count). The lowest BCUT2D eigenvalue weighted by molar-refractivity contribution is -0.137. The quantitative estimate of drug-likeness (QED) is 0.617. The fourth-order valence-electron chi connectivity index (χ4n) is 1.04. The number of aliphatic imine (C=N–C) groups is 1. The summed E-state index contributed by atoms with van der Waals surface area (Å²) in [7, 11) is 0. The fraction of sp³-hybridized carbons (Fsp3) is 0.833. The Kier molecular flexibility index (Phi) is 2.82. The Balaban J connectivity index is 2.49. The highest BCUT2D eigenvalue weighted by Crippen LogP contribution is 2.18. The summed E-state index contributed by atoms with van der Waals surface area (Å²) in [5, 5.41) is 0. The highest BCUT2D eigenvalue weighted by molar-refractivity contribution is 6.28. The first kappa shape index (κ1) is 9.64. The molecule has 1 heterocycles. The van der Waals surface area contributed by atoms with E-state index >= 15 is 0 Å². The van der Waals surface area contributed by atoms with Crippen molar-refractivity contribution in [3.05, 3.63) is 0 Å². The maximum Gasteiger partial charge on any atom is 0.405 e. The third-order valence-electron chi connectivity index (χ3n) is 1.52. The minimum Gasteiger partial charge on any atom is -0.348 e. The molecule has 0 aromatic heterocycles. The highest BCUT2D eigenvalue weighted by Gasteiger charge is 2.33. The average molecular weight is 201 g/mol. The second-order valence-electron chi connectivity index (χ2n) is 2.47. The normalized spacial score (nSPS) is 18.3. The van der Waals surface area contributed by atoms with Crippen LogP contribution in [0.5, 0.6) is 0 Å². The summed E-state index contributed by atoms with van der Waals surface area (Å²) in [6.07, 6.45) is -4.17. The number of hydrogen-bond donors (Lipinski definition) is 0. The highest BCUT2D eigenvalue weighted by atomic mass is 35.5. The van der Waals surface area contributed by atoms with Crippen molar-refractivity contribution in [3.63, 3.8) is 0 Å². The van der Waals surface area contributed by atoms with Gasteiger partial charge in [-0.15, -0.1) is 11.6 Å². The van der Waals surface area contributed by atoms with Crippen molar-refractivity contribution >= 4 is 17.4 Å². The number of rotatable bonds is 2. The second-order valence-corrected chi connectivity index (χ2v) is 2.74. The van der Waals surface area contributed by atoms with Gasteiger partial charge >= 0.3 is 6.18 Å². The van der Waals surface area contributed by atoms with Crippen molar-refractivity contribution in [2.24, 2.45) is 4.99 Å². The molecule has 0 radical (unpaired) electrons. The van der Waals surface area contributed by atoms with Gasteiger partial charge in [0.05, 0.1) is 12.4 Å². The molecule has 0 bridgehead atoms. The van der Waals surface area contributed by atoms with Crippen LogP contribution in [0.4, 0.5) is 13.2 Å². The van der Waals surface area contributed by atoms with Gasteiger partial charge < -0.3 is 4.90 Å². The molecular weight excluding hydrogens is 193 g/mol. The monoisotopic (exact) mass is 200 g/mol. The van der Waals surface area contributed by atoms with E-state index in [1.807, 2.05) is 0 Å². The Labute approximate surface area is 73.0 Å². The summed E-state index contributed by atoms with van der Waals surface area (Å²) < 4.78 is 35.6. The van der Waals surface area contributed by atoms with E-state index in [0.29, 0.717) is 18.9 Å². The van der Waals surface area contributed by atoms with Gasteiger partial charge in [0, 0.05) is 6.54 Å². The Hall–Kier alpha value is -0.450. The lowest BCUT2D eigenvalue weighted by Crippen LogP contribution is -2.37. The van der Waals surface area contributed by atoms with Crippen LogP contribution in [0, 0.1) is 0 Å². The molecule has 0 spiro atoms. The molecule has 12 heavy (non-hydrogen) atoms. The van der Waals surface area contributed by atoms with Crippen molar-refractivity contribution < 1.29 is 13.2 Å². The Morgan fingerprint density at radius 1 is 1.50 bits per heavy atom. The zero-order valence-corrected chi connectivity index (χ0v) is 6.99. The van der Waals surface area contributed by atoms with E-state index < -0.39 is 12.7 Å². The van der Waals surface area contributed by atoms with E-state index in [0.717, 1.165) is 4.90 Å². The largest absolute Gasteiger partial charge is 0.405 e. The molecule has 6 heteroatoms. The first-order chi connectivity index (χ1) is 5.53. The molecule has 1 aliphatic heterocycles. The van der Waals surface area contributed by atoms with Crippen molar-refractivity contribution in [1.82, 2.24) is 4.90 Å². The number of nitrogens with zero attached hydrogens (tertiary/aromatic N) is 2. The van der Waals surface area contributed by atoms with Gasteiger partial charge in [0.1, 0.15) is 12.4 Å². The molecule has 0 aliphatic carbocycles. The summed E-state index contributed by atoms with van der Waals surface area (Å²) in [6.45, 7) is -0.210. The van der Waals surface area contributed by atoms with Crippen molar-refractivity contribution in [2.45, 2.75) is 6.18 Å². The number of hydrogen-bond acceptors (Lipinski definition) is 2. The van der Waals surface area contributed by atoms with Crippen LogP contribution in [-0.4, -0.2) is 42.4 Å². The molecule has 0 unspecified atom stereocenters. The predicted molar refractivity (Wildman–Crippen MR) is 40.7 cm³/mol. The molecule has 1 aliphatic rings. The van der Waals surface area contributed by atoms with Crippen LogP contribution in [0.15, 0.2) is 4.99 Å². The van der Waals surface area contributed by atoms with Crippen LogP contribution in [0.25, 0.3) is 0 Å². The summed E-state index contributed by atoms with van der Waals surface area (Å²) >= 11 is 5.39.